The number of nitrogens with one attached hydrogen (secondary N) is 2. The lowest BCUT2D eigenvalue weighted by Crippen LogP contribution is -1.91. The van der Waals surface area contributed by atoms with Gasteiger partial charge in [0.15, 0.2) is 10.9 Å². The van der Waals surface area contributed by atoms with Gasteiger partial charge in [0, 0.05) is 17.0 Å². The van der Waals surface area contributed by atoms with Crippen molar-refractivity contribution in [3.05, 3.63) is 34.8 Å². The van der Waals surface area contributed by atoms with Gasteiger partial charge in [-0.1, -0.05) is 6.07 Å². The Kier molecular flexibility index (Phi) is 2.33. The predicted octanol–water partition coefficient (Wildman–Crippen LogP) is 3.38. The van der Waals surface area contributed by atoms with Crippen LogP contribution in [0.3, 0.4) is 0 Å². The summed E-state index contributed by atoms with van der Waals surface area (Å²) in [6.07, 6.45) is 1.78. The van der Waals surface area contributed by atoms with E-state index in [2.05, 4.69) is 46.5 Å². The van der Waals surface area contributed by atoms with Crippen LogP contribution in [0.4, 0.5) is 10.9 Å². The molecule has 1 aromatic carbocycles. The lowest BCUT2D eigenvalue weighted by atomic mass is 10.1. The molecule has 3 rings (SSSR count). The Balaban J connectivity index is 2.14. The Labute approximate surface area is 103 Å². The minimum absolute atomic E-state index is 0.844. The molecule has 0 aliphatic carbocycles. The molecule has 2 heterocycles. The number of aryl methyl sites for hydroxylation is 2. The highest BCUT2D eigenvalue weighted by molar-refractivity contribution is 7.13. The van der Waals surface area contributed by atoms with Gasteiger partial charge >= 0.3 is 0 Å². The summed E-state index contributed by atoms with van der Waals surface area (Å²) in [5.74, 6) is 0.844. The van der Waals surface area contributed by atoms with E-state index in [4.69, 9.17) is 0 Å². The summed E-state index contributed by atoms with van der Waals surface area (Å²) in [5.41, 5.74) is 3.56. The second-order valence-electron chi connectivity index (χ2n) is 3.96. The van der Waals surface area contributed by atoms with Gasteiger partial charge in [-0.15, -0.1) is 11.3 Å². The molecule has 86 valence electrons. The number of benzene rings is 1. The normalized spacial score (nSPS) is 10.9. The molecule has 0 radical (unpaired) electrons. The molecule has 0 saturated heterocycles. The summed E-state index contributed by atoms with van der Waals surface area (Å²) >= 11 is 1.56. The topological polar surface area (TPSA) is 53.6 Å². The number of aromatic nitrogens is 3. The average molecular weight is 244 g/mol. The smallest absolute Gasteiger partial charge is 0.188 e. The van der Waals surface area contributed by atoms with Crippen molar-refractivity contribution in [3.8, 4) is 0 Å². The Hall–Kier alpha value is -1.88. The maximum absolute atomic E-state index is 4.30. The van der Waals surface area contributed by atoms with E-state index in [9.17, 15) is 0 Å². The van der Waals surface area contributed by atoms with Crippen molar-refractivity contribution >= 4 is 33.2 Å². The SMILES string of the molecule is Cc1ccc2[nH]nc(Nc3nccs3)c2c1C. The first-order valence-corrected chi connectivity index (χ1v) is 6.24. The van der Waals surface area contributed by atoms with Crippen molar-refractivity contribution in [3.63, 3.8) is 0 Å². The molecular formula is C12H12N4S. The summed E-state index contributed by atoms with van der Waals surface area (Å²) in [7, 11) is 0. The van der Waals surface area contributed by atoms with Crippen LogP contribution in [0.15, 0.2) is 23.7 Å². The molecule has 5 heteroatoms. The first-order chi connectivity index (χ1) is 8.25. The van der Waals surface area contributed by atoms with Gasteiger partial charge in [-0.05, 0) is 31.0 Å². The maximum Gasteiger partial charge on any atom is 0.188 e. The van der Waals surface area contributed by atoms with Crippen molar-refractivity contribution < 1.29 is 0 Å². The molecule has 0 aliphatic rings. The van der Waals surface area contributed by atoms with E-state index in [1.54, 1.807) is 17.5 Å². The zero-order chi connectivity index (χ0) is 11.8. The van der Waals surface area contributed by atoms with E-state index >= 15 is 0 Å². The molecule has 2 N–H and O–H groups in total. The zero-order valence-corrected chi connectivity index (χ0v) is 10.4. The minimum Gasteiger partial charge on any atom is -0.314 e. The number of H-pyrrole nitrogens is 1. The van der Waals surface area contributed by atoms with E-state index in [-0.39, 0.29) is 0 Å². The van der Waals surface area contributed by atoms with E-state index < -0.39 is 0 Å². The van der Waals surface area contributed by atoms with Crippen LogP contribution in [0.25, 0.3) is 10.9 Å². The van der Waals surface area contributed by atoms with E-state index in [1.165, 1.54) is 11.1 Å². The fraction of sp³-hybridized carbons (Fsp3) is 0.167. The van der Waals surface area contributed by atoms with Gasteiger partial charge in [-0.25, -0.2) is 4.98 Å². The van der Waals surface area contributed by atoms with Crippen LogP contribution in [-0.4, -0.2) is 15.2 Å². The number of rotatable bonds is 2. The lowest BCUT2D eigenvalue weighted by molar-refractivity contribution is 1.12. The summed E-state index contributed by atoms with van der Waals surface area (Å²) < 4.78 is 0. The maximum atomic E-state index is 4.30. The van der Waals surface area contributed by atoms with Gasteiger partial charge in [0.05, 0.1) is 5.52 Å². The molecule has 0 amide bonds. The number of hydrogen-bond acceptors (Lipinski definition) is 4. The number of aromatic amines is 1. The van der Waals surface area contributed by atoms with Gasteiger partial charge in [0.2, 0.25) is 0 Å². The lowest BCUT2D eigenvalue weighted by Gasteiger charge is -2.03. The Bertz CT molecular complexity index is 655. The standard InChI is InChI=1S/C12H12N4S/c1-7-3-4-9-10(8(7)2)11(16-15-9)14-12-13-5-6-17-12/h3-6H,1-2H3,(H2,13,14,15,16). The summed E-state index contributed by atoms with van der Waals surface area (Å²) in [5, 5.41) is 14.5. The van der Waals surface area contributed by atoms with Crippen molar-refractivity contribution in [2.45, 2.75) is 13.8 Å². The van der Waals surface area contributed by atoms with E-state index in [0.29, 0.717) is 0 Å². The highest BCUT2D eigenvalue weighted by Crippen LogP contribution is 2.29. The fourth-order valence-corrected chi connectivity index (χ4v) is 2.39. The molecule has 2 aromatic heterocycles. The molecule has 0 unspecified atom stereocenters. The van der Waals surface area contributed by atoms with Gasteiger partial charge in [-0.2, -0.15) is 5.10 Å². The van der Waals surface area contributed by atoms with Gasteiger partial charge < -0.3 is 5.32 Å². The molecule has 0 saturated carbocycles. The van der Waals surface area contributed by atoms with Crippen molar-refractivity contribution in [1.82, 2.24) is 15.2 Å². The predicted molar refractivity (Wildman–Crippen MR) is 71.0 cm³/mol. The van der Waals surface area contributed by atoms with Crippen LogP contribution in [0.5, 0.6) is 0 Å². The van der Waals surface area contributed by atoms with Crippen LogP contribution < -0.4 is 5.32 Å². The Morgan fingerprint density at radius 1 is 1.29 bits per heavy atom. The molecule has 0 bridgehead atoms. The second-order valence-corrected chi connectivity index (χ2v) is 4.86. The van der Waals surface area contributed by atoms with Gasteiger partial charge in [-0.3, -0.25) is 5.10 Å². The number of thiazole rings is 1. The molecule has 0 atom stereocenters. The van der Waals surface area contributed by atoms with Crippen molar-refractivity contribution in [2.75, 3.05) is 5.32 Å². The Morgan fingerprint density at radius 3 is 2.94 bits per heavy atom. The highest BCUT2D eigenvalue weighted by Gasteiger charge is 2.10. The number of nitrogens with zero attached hydrogens (tertiary/aromatic N) is 2. The van der Waals surface area contributed by atoms with Crippen LogP contribution in [0.2, 0.25) is 0 Å². The van der Waals surface area contributed by atoms with Gasteiger partial charge in [0.25, 0.3) is 0 Å². The van der Waals surface area contributed by atoms with E-state index in [0.717, 1.165) is 21.9 Å². The highest BCUT2D eigenvalue weighted by atomic mass is 32.1. The second kappa shape index (κ2) is 3.85. The summed E-state index contributed by atoms with van der Waals surface area (Å²) in [6.45, 7) is 4.22. The molecule has 0 aliphatic heterocycles. The third kappa shape index (κ3) is 1.68. The summed E-state index contributed by atoms with van der Waals surface area (Å²) in [4.78, 5) is 4.20. The van der Waals surface area contributed by atoms with Crippen LogP contribution in [0.1, 0.15) is 11.1 Å². The third-order valence-electron chi connectivity index (χ3n) is 2.92. The molecule has 17 heavy (non-hydrogen) atoms. The van der Waals surface area contributed by atoms with E-state index in [1.807, 2.05) is 5.38 Å². The molecule has 0 fully saturated rings. The van der Waals surface area contributed by atoms with Crippen LogP contribution in [0, 0.1) is 13.8 Å². The third-order valence-corrected chi connectivity index (χ3v) is 3.61. The molecule has 0 spiro atoms. The minimum atomic E-state index is 0.844. The monoisotopic (exact) mass is 244 g/mol. The zero-order valence-electron chi connectivity index (χ0n) is 9.61. The molecule has 4 nitrogen and oxygen atoms in total. The fourth-order valence-electron chi connectivity index (χ4n) is 1.86. The number of hydrogen-bond donors (Lipinski definition) is 2. The quantitative estimate of drug-likeness (QED) is 0.726. The number of fused-ring (bicyclic) bond motifs is 1. The van der Waals surface area contributed by atoms with Crippen molar-refractivity contribution in [2.24, 2.45) is 0 Å². The van der Waals surface area contributed by atoms with Crippen LogP contribution in [-0.2, 0) is 0 Å². The Morgan fingerprint density at radius 2 is 2.18 bits per heavy atom. The largest absolute Gasteiger partial charge is 0.314 e. The first kappa shape index (κ1) is 10.3. The first-order valence-electron chi connectivity index (χ1n) is 5.36. The molecular weight excluding hydrogens is 232 g/mol. The summed E-state index contributed by atoms with van der Waals surface area (Å²) in [6, 6.07) is 4.15. The number of anilines is 2. The van der Waals surface area contributed by atoms with Gasteiger partial charge in [0.1, 0.15) is 0 Å². The average Bonchev–Trinajstić information content (AvgIpc) is 2.94. The molecule has 3 aromatic rings. The van der Waals surface area contributed by atoms with Crippen LogP contribution >= 0.6 is 11.3 Å². The van der Waals surface area contributed by atoms with Crippen molar-refractivity contribution in [1.29, 1.82) is 0 Å².